The summed E-state index contributed by atoms with van der Waals surface area (Å²) >= 11 is 0.688. The smallest absolute Gasteiger partial charge is 0.326 e. The molecule has 4 unspecified atom stereocenters. The topological polar surface area (TPSA) is 125 Å². The number of carbonyl (C=O) groups is 3. The molecule has 1 aromatic rings. The number of hydrogen-bond donors (Lipinski definition) is 2. The number of nitrogens with zero attached hydrogens (tertiary/aromatic N) is 2. The molecule has 33 heavy (non-hydrogen) atoms. The van der Waals surface area contributed by atoms with Crippen LogP contribution >= 0.6 is 11.9 Å². The van der Waals surface area contributed by atoms with Gasteiger partial charge in [0.2, 0.25) is 5.91 Å². The van der Waals surface area contributed by atoms with Crippen molar-refractivity contribution in [3.63, 3.8) is 0 Å². The Bertz CT molecular complexity index is 854. The summed E-state index contributed by atoms with van der Waals surface area (Å²) in [4.78, 5) is 51.0. The van der Waals surface area contributed by atoms with Crippen molar-refractivity contribution in [3.05, 3.63) is 40.8 Å². The Labute approximate surface area is 197 Å². The van der Waals surface area contributed by atoms with Gasteiger partial charge in [-0.25, -0.2) is 4.79 Å². The van der Waals surface area contributed by atoms with Crippen LogP contribution in [0.15, 0.2) is 34.9 Å². The van der Waals surface area contributed by atoms with E-state index in [9.17, 15) is 24.4 Å². The molecule has 0 bridgehead atoms. The summed E-state index contributed by atoms with van der Waals surface area (Å²) in [6.07, 6.45) is 4.16. The molecule has 0 spiro atoms. The Hall–Kier alpha value is -2.46. The quantitative estimate of drug-likeness (QED) is 0.299. The number of amides is 1. The van der Waals surface area contributed by atoms with Crippen LogP contribution in [0.25, 0.3) is 0 Å². The Kier molecular flexibility index (Phi) is 8.85. The third kappa shape index (κ3) is 5.73. The summed E-state index contributed by atoms with van der Waals surface area (Å²) < 4.78 is 8.17. The van der Waals surface area contributed by atoms with Crippen molar-refractivity contribution < 1.29 is 24.2 Å². The van der Waals surface area contributed by atoms with Gasteiger partial charge in [0.15, 0.2) is 0 Å². The lowest BCUT2D eigenvalue weighted by Crippen LogP contribution is -2.56. The molecule has 2 fully saturated rings. The van der Waals surface area contributed by atoms with E-state index in [0.29, 0.717) is 23.9 Å². The van der Waals surface area contributed by atoms with E-state index in [1.54, 1.807) is 38.1 Å². The zero-order chi connectivity index (χ0) is 24.0. The molecule has 1 aliphatic heterocycles. The summed E-state index contributed by atoms with van der Waals surface area (Å²) in [6, 6.07) is 6.08. The van der Waals surface area contributed by atoms with Gasteiger partial charge in [0.05, 0.1) is 17.9 Å². The number of carboxylic acid groups (broad SMARTS) is 1. The van der Waals surface area contributed by atoms with Crippen LogP contribution in [0.5, 0.6) is 0 Å². The average molecular weight is 478 g/mol. The zero-order valence-corrected chi connectivity index (χ0v) is 19.7. The fraction of sp³-hybridized carbons (Fsp3) is 0.609. The fourth-order valence-electron chi connectivity index (χ4n) is 5.08. The van der Waals surface area contributed by atoms with Crippen LogP contribution in [-0.4, -0.2) is 58.6 Å². The summed E-state index contributed by atoms with van der Waals surface area (Å²) in [5, 5.41) is 12.1. The van der Waals surface area contributed by atoms with Gasteiger partial charge in [-0.15, -0.1) is 4.91 Å². The predicted molar refractivity (Wildman–Crippen MR) is 124 cm³/mol. The highest BCUT2D eigenvalue weighted by atomic mass is 32.2. The molecule has 1 heterocycles. The lowest BCUT2D eigenvalue weighted by Gasteiger charge is -2.36. The second-order valence-electron chi connectivity index (χ2n) is 8.58. The maximum Gasteiger partial charge on any atom is 0.326 e. The van der Waals surface area contributed by atoms with Gasteiger partial charge in [0.1, 0.15) is 12.1 Å². The number of esters is 1. The molecule has 1 saturated carbocycles. The Morgan fingerprint density at radius 2 is 1.94 bits per heavy atom. The van der Waals surface area contributed by atoms with Gasteiger partial charge in [-0.1, -0.05) is 43.2 Å². The van der Waals surface area contributed by atoms with Gasteiger partial charge in [0, 0.05) is 22.6 Å². The molecule has 2 N–H and O–H groups in total. The Balaban J connectivity index is 1.85. The Morgan fingerprint density at radius 1 is 1.24 bits per heavy atom. The highest BCUT2D eigenvalue weighted by Gasteiger charge is 2.49. The molecule has 2 aliphatic rings. The Morgan fingerprint density at radius 3 is 2.58 bits per heavy atom. The van der Waals surface area contributed by atoms with Crippen LogP contribution in [0.1, 0.15) is 56.8 Å². The second kappa shape index (κ2) is 11.6. The van der Waals surface area contributed by atoms with Crippen molar-refractivity contribution in [2.45, 2.75) is 75.4 Å². The highest BCUT2D eigenvalue weighted by molar-refractivity contribution is 7.98. The number of carbonyl (C=O) groups excluding carboxylic acids is 2. The van der Waals surface area contributed by atoms with E-state index in [1.165, 1.54) is 4.90 Å². The summed E-state index contributed by atoms with van der Waals surface area (Å²) in [6.45, 7) is 3.43. The monoisotopic (exact) mass is 477 g/mol. The van der Waals surface area contributed by atoms with E-state index in [4.69, 9.17) is 4.74 Å². The van der Waals surface area contributed by atoms with Gasteiger partial charge in [0.25, 0.3) is 0 Å². The number of nitrogens with one attached hydrogen (secondary N) is 1. The number of carboxylic acids is 1. The molecular weight excluding hydrogens is 446 g/mol. The number of rotatable bonds is 10. The molecule has 10 heteroatoms. The SMILES string of the molecule is CCOC(=O)C(N[C@H](C)C(=O)N1C2CCCCC2C[C@H]1C(=O)O)C(SN=O)c1ccccc1. The molecular formula is C23H31N3O6S. The van der Waals surface area contributed by atoms with Crippen LogP contribution in [0, 0.1) is 10.8 Å². The molecule has 180 valence electrons. The van der Waals surface area contributed by atoms with Crippen molar-refractivity contribution in [1.29, 1.82) is 0 Å². The maximum atomic E-state index is 13.5. The van der Waals surface area contributed by atoms with E-state index in [1.807, 2.05) is 6.07 Å². The molecule has 1 aromatic carbocycles. The molecule has 9 nitrogen and oxygen atoms in total. The van der Waals surface area contributed by atoms with E-state index in [-0.39, 0.29) is 24.5 Å². The molecule has 0 aromatic heterocycles. The first-order valence-corrected chi connectivity index (χ1v) is 12.2. The largest absolute Gasteiger partial charge is 0.480 e. The number of benzene rings is 1. The third-order valence-electron chi connectivity index (χ3n) is 6.56. The third-order valence-corrected chi connectivity index (χ3v) is 7.41. The average Bonchev–Trinajstić information content (AvgIpc) is 3.21. The van der Waals surface area contributed by atoms with E-state index in [0.717, 1.165) is 25.7 Å². The molecule has 1 aliphatic carbocycles. The van der Waals surface area contributed by atoms with Crippen molar-refractivity contribution in [2.75, 3.05) is 6.61 Å². The first kappa shape index (κ1) is 25.2. The standard InChI is InChI=1S/C23H31N3O6S/c1-3-32-23(30)19(20(33-25-31)15-9-5-4-6-10-15)24-14(2)21(27)26-17-12-8-7-11-16(17)13-18(26)22(28)29/h4-6,9-10,14,16-20,24H,3,7-8,11-13H2,1-2H3,(H,28,29)/t14-,16?,17?,18+,19?,20?/m1/s1. The van der Waals surface area contributed by atoms with Crippen molar-refractivity contribution in [3.8, 4) is 0 Å². The number of fused-ring (bicyclic) bond motifs is 1. The minimum Gasteiger partial charge on any atom is -0.480 e. The van der Waals surface area contributed by atoms with Gasteiger partial charge >= 0.3 is 11.9 Å². The predicted octanol–water partition coefficient (Wildman–Crippen LogP) is 3.30. The number of nitroso groups, excluding NO2 is 1. The number of ether oxygens (including phenoxy) is 1. The van der Waals surface area contributed by atoms with Gasteiger partial charge in [-0.3, -0.25) is 14.9 Å². The van der Waals surface area contributed by atoms with Gasteiger partial charge < -0.3 is 14.7 Å². The maximum absolute atomic E-state index is 13.5. The van der Waals surface area contributed by atoms with Crippen LogP contribution in [0.2, 0.25) is 0 Å². The second-order valence-corrected chi connectivity index (χ2v) is 9.44. The van der Waals surface area contributed by atoms with E-state index in [2.05, 4.69) is 9.90 Å². The van der Waals surface area contributed by atoms with Crippen molar-refractivity contribution >= 4 is 29.8 Å². The van der Waals surface area contributed by atoms with Crippen LogP contribution in [0.4, 0.5) is 0 Å². The van der Waals surface area contributed by atoms with E-state index < -0.39 is 35.3 Å². The highest BCUT2D eigenvalue weighted by Crippen LogP contribution is 2.40. The molecule has 1 saturated heterocycles. The zero-order valence-electron chi connectivity index (χ0n) is 18.9. The number of hydrogen-bond acceptors (Lipinski definition) is 8. The first-order chi connectivity index (χ1) is 15.9. The summed E-state index contributed by atoms with van der Waals surface area (Å²) in [5.41, 5.74) is 0.684. The normalized spacial score (nSPS) is 24.9. The minimum atomic E-state index is -1.03. The first-order valence-electron chi connectivity index (χ1n) is 11.4. The molecule has 1 amide bonds. The van der Waals surface area contributed by atoms with Gasteiger partial charge in [-0.2, -0.15) is 0 Å². The summed E-state index contributed by atoms with van der Waals surface area (Å²) in [5.74, 6) is -1.78. The van der Waals surface area contributed by atoms with E-state index >= 15 is 0 Å². The summed E-state index contributed by atoms with van der Waals surface area (Å²) in [7, 11) is 0. The van der Waals surface area contributed by atoms with Crippen LogP contribution in [-0.2, 0) is 19.1 Å². The van der Waals surface area contributed by atoms with Crippen LogP contribution in [0.3, 0.4) is 0 Å². The van der Waals surface area contributed by atoms with Crippen molar-refractivity contribution in [1.82, 2.24) is 10.2 Å². The molecule has 6 atom stereocenters. The number of aliphatic carboxylic acids is 1. The van der Waals surface area contributed by atoms with Crippen LogP contribution < -0.4 is 5.32 Å². The number of likely N-dealkylation sites (tertiary alicyclic amines) is 1. The van der Waals surface area contributed by atoms with Gasteiger partial charge in [-0.05, 0) is 44.6 Å². The molecule has 3 rings (SSSR count). The minimum absolute atomic E-state index is 0.103. The molecule has 0 radical (unpaired) electrons. The lowest BCUT2D eigenvalue weighted by molar-refractivity contribution is -0.152. The lowest BCUT2D eigenvalue weighted by atomic mass is 9.84. The fourth-order valence-corrected chi connectivity index (χ4v) is 5.76. The van der Waals surface area contributed by atoms with Crippen molar-refractivity contribution in [2.24, 2.45) is 10.5 Å².